The number of nitro groups is 1. The molecule has 0 radical (unpaired) electrons. The molecule has 2 amide bonds. The molecule has 0 bridgehead atoms. The van der Waals surface area contributed by atoms with E-state index < -0.39 is 45.9 Å². The van der Waals surface area contributed by atoms with Crippen LogP contribution in [0.1, 0.15) is 15.9 Å². The summed E-state index contributed by atoms with van der Waals surface area (Å²) in [6.07, 6.45) is 0.851. The van der Waals surface area contributed by atoms with E-state index >= 15 is 0 Å². The summed E-state index contributed by atoms with van der Waals surface area (Å²) in [5.74, 6) is -2.23. The topological polar surface area (TPSA) is 129 Å². The second-order valence-electron chi connectivity index (χ2n) is 5.51. The molecule has 0 saturated heterocycles. The van der Waals surface area contributed by atoms with Crippen LogP contribution >= 0.6 is 0 Å². The molecule has 10 heteroatoms. The Balaban J connectivity index is 2.28. The number of benzene rings is 1. The molecule has 0 fully saturated rings. The van der Waals surface area contributed by atoms with Crippen LogP contribution in [-0.2, 0) is 17.9 Å². The molecule has 26 heavy (non-hydrogen) atoms. The Morgan fingerprint density at radius 1 is 1.35 bits per heavy atom. The Morgan fingerprint density at radius 2 is 2.00 bits per heavy atom. The van der Waals surface area contributed by atoms with Gasteiger partial charge in [-0.3, -0.25) is 29.1 Å². The van der Waals surface area contributed by atoms with Crippen LogP contribution in [0.2, 0.25) is 0 Å². The van der Waals surface area contributed by atoms with E-state index in [0.29, 0.717) is 0 Å². The molecular formula is C16H15FN4O5. The molecule has 1 heterocycles. The van der Waals surface area contributed by atoms with Crippen LogP contribution in [0, 0.1) is 15.9 Å². The van der Waals surface area contributed by atoms with E-state index in [9.17, 15) is 28.9 Å². The van der Waals surface area contributed by atoms with Crippen molar-refractivity contribution in [3.63, 3.8) is 0 Å². The summed E-state index contributed by atoms with van der Waals surface area (Å²) in [4.78, 5) is 47.1. The maximum atomic E-state index is 13.7. The number of nitrogens with two attached hydrogens (primary N) is 1. The van der Waals surface area contributed by atoms with E-state index in [4.69, 9.17) is 5.73 Å². The van der Waals surface area contributed by atoms with Gasteiger partial charge in [-0.15, -0.1) is 0 Å². The lowest BCUT2D eigenvalue weighted by Crippen LogP contribution is -2.36. The van der Waals surface area contributed by atoms with Crippen LogP contribution in [0.25, 0.3) is 0 Å². The molecule has 0 unspecified atom stereocenters. The van der Waals surface area contributed by atoms with E-state index in [1.54, 1.807) is 6.07 Å². The van der Waals surface area contributed by atoms with Crippen LogP contribution in [0.5, 0.6) is 0 Å². The molecule has 1 aromatic carbocycles. The van der Waals surface area contributed by atoms with Gasteiger partial charge in [-0.2, -0.15) is 0 Å². The number of pyridine rings is 1. The summed E-state index contributed by atoms with van der Waals surface area (Å²) in [6, 6.07) is 6.63. The Labute approximate surface area is 146 Å². The SMILES string of the molecule is CN(Cc1ccccc1F)C(=O)Cn1cc([N+](=O)[O-])cc(C(N)=O)c1=O. The van der Waals surface area contributed by atoms with E-state index in [0.717, 1.165) is 21.7 Å². The normalized spacial score (nSPS) is 10.4. The van der Waals surface area contributed by atoms with Crippen LogP contribution in [0.3, 0.4) is 0 Å². The molecule has 0 aliphatic rings. The first kappa shape index (κ1) is 18.8. The number of hydrogen-bond donors (Lipinski definition) is 1. The Morgan fingerprint density at radius 3 is 2.58 bits per heavy atom. The summed E-state index contributed by atoms with van der Waals surface area (Å²) in [5, 5.41) is 10.9. The Kier molecular flexibility index (Phi) is 5.45. The van der Waals surface area contributed by atoms with Gasteiger partial charge in [0.05, 0.1) is 11.1 Å². The Bertz CT molecular complexity index is 940. The van der Waals surface area contributed by atoms with Crippen LogP contribution in [0.4, 0.5) is 10.1 Å². The van der Waals surface area contributed by atoms with Crippen molar-refractivity contribution in [1.29, 1.82) is 0 Å². The molecule has 0 saturated carbocycles. The van der Waals surface area contributed by atoms with E-state index in [2.05, 4.69) is 0 Å². The smallest absolute Gasteiger partial charge is 0.286 e. The predicted molar refractivity (Wildman–Crippen MR) is 88.7 cm³/mol. The first-order chi connectivity index (χ1) is 12.2. The molecule has 0 atom stereocenters. The number of carbonyl (C=O) groups is 2. The maximum Gasteiger partial charge on any atom is 0.286 e. The number of aromatic nitrogens is 1. The van der Waals surface area contributed by atoms with Gasteiger partial charge >= 0.3 is 0 Å². The van der Waals surface area contributed by atoms with E-state index in [1.807, 2.05) is 0 Å². The van der Waals surface area contributed by atoms with Crippen molar-refractivity contribution in [2.45, 2.75) is 13.1 Å². The number of rotatable bonds is 6. The van der Waals surface area contributed by atoms with Crippen molar-refractivity contribution >= 4 is 17.5 Å². The van der Waals surface area contributed by atoms with Crippen molar-refractivity contribution in [3.8, 4) is 0 Å². The van der Waals surface area contributed by atoms with Crippen LogP contribution in [-0.4, -0.2) is 33.3 Å². The van der Waals surface area contributed by atoms with Gasteiger partial charge < -0.3 is 10.6 Å². The fourth-order valence-electron chi connectivity index (χ4n) is 2.25. The number of amides is 2. The van der Waals surface area contributed by atoms with Gasteiger partial charge in [-0.05, 0) is 6.07 Å². The summed E-state index contributed by atoms with van der Waals surface area (Å²) in [7, 11) is 1.39. The number of primary amides is 1. The zero-order valence-electron chi connectivity index (χ0n) is 13.7. The molecule has 9 nitrogen and oxygen atoms in total. The number of hydrogen-bond acceptors (Lipinski definition) is 5. The quantitative estimate of drug-likeness (QED) is 0.596. The Hall–Kier alpha value is -3.56. The molecule has 2 rings (SSSR count). The molecule has 0 aliphatic carbocycles. The van der Waals surface area contributed by atoms with Crippen molar-refractivity contribution < 1.29 is 18.9 Å². The summed E-state index contributed by atoms with van der Waals surface area (Å²) < 4.78 is 14.4. The second-order valence-corrected chi connectivity index (χ2v) is 5.51. The van der Waals surface area contributed by atoms with E-state index in [1.165, 1.54) is 25.2 Å². The zero-order chi connectivity index (χ0) is 19.4. The van der Waals surface area contributed by atoms with Crippen molar-refractivity contribution in [1.82, 2.24) is 9.47 Å². The zero-order valence-corrected chi connectivity index (χ0v) is 13.7. The average Bonchev–Trinajstić information content (AvgIpc) is 2.58. The highest BCUT2D eigenvalue weighted by atomic mass is 19.1. The minimum Gasteiger partial charge on any atom is -0.365 e. The third-order valence-corrected chi connectivity index (χ3v) is 3.64. The monoisotopic (exact) mass is 362 g/mol. The lowest BCUT2D eigenvalue weighted by Gasteiger charge is -2.18. The average molecular weight is 362 g/mol. The number of nitrogens with zero attached hydrogens (tertiary/aromatic N) is 3. The highest BCUT2D eigenvalue weighted by Gasteiger charge is 2.20. The summed E-state index contributed by atoms with van der Waals surface area (Å²) >= 11 is 0. The van der Waals surface area contributed by atoms with E-state index in [-0.39, 0.29) is 12.1 Å². The molecular weight excluding hydrogens is 347 g/mol. The number of likely N-dealkylation sites (N-methyl/N-ethyl adjacent to an activating group) is 1. The van der Waals surface area contributed by atoms with Gasteiger partial charge in [0.1, 0.15) is 17.9 Å². The van der Waals surface area contributed by atoms with Gasteiger partial charge in [0, 0.05) is 25.2 Å². The first-order valence-electron chi connectivity index (χ1n) is 7.36. The fourth-order valence-corrected chi connectivity index (χ4v) is 2.25. The molecule has 136 valence electrons. The molecule has 2 aromatic rings. The van der Waals surface area contributed by atoms with Crippen LogP contribution in [0.15, 0.2) is 41.3 Å². The first-order valence-corrected chi connectivity index (χ1v) is 7.36. The third-order valence-electron chi connectivity index (χ3n) is 3.64. The third kappa shape index (κ3) is 4.09. The largest absolute Gasteiger partial charge is 0.365 e. The summed E-state index contributed by atoms with van der Waals surface area (Å²) in [6.45, 7) is -0.621. The van der Waals surface area contributed by atoms with Gasteiger partial charge in [-0.1, -0.05) is 18.2 Å². The standard InChI is InChI=1S/C16H15FN4O5/c1-19(7-10-4-2-3-5-13(10)17)14(22)9-20-8-11(21(25)26)6-12(15(18)23)16(20)24/h2-6,8H,7,9H2,1H3,(H2,18,23). The van der Waals surface area contributed by atoms with Gasteiger partial charge in [-0.25, -0.2) is 4.39 Å². The van der Waals surface area contributed by atoms with Gasteiger partial charge in [0.15, 0.2) is 0 Å². The fraction of sp³-hybridized carbons (Fsp3) is 0.188. The minimum atomic E-state index is -1.14. The lowest BCUT2D eigenvalue weighted by atomic mass is 10.2. The number of halogens is 1. The minimum absolute atomic E-state index is 0.0577. The highest BCUT2D eigenvalue weighted by Crippen LogP contribution is 2.12. The molecule has 1 aromatic heterocycles. The highest BCUT2D eigenvalue weighted by molar-refractivity contribution is 5.93. The molecule has 0 aliphatic heterocycles. The number of carbonyl (C=O) groups excluding carboxylic acids is 2. The van der Waals surface area contributed by atoms with Crippen molar-refractivity contribution in [3.05, 3.63) is 73.9 Å². The van der Waals surface area contributed by atoms with Crippen LogP contribution < -0.4 is 11.3 Å². The predicted octanol–water partition coefficient (Wildman–Crippen LogP) is 0.653. The molecule has 0 spiro atoms. The van der Waals surface area contributed by atoms with Crippen molar-refractivity contribution in [2.75, 3.05) is 7.05 Å². The lowest BCUT2D eigenvalue weighted by molar-refractivity contribution is -0.385. The van der Waals surface area contributed by atoms with Gasteiger partial charge in [0.2, 0.25) is 5.91 Å². The van der Waals surface area contributed by atoms with Gasteiger partial charge in [0.25, 0.3) is 17.2 Å². The molecule has 2 N–H and O–H groups in total. The maximum absolute atomic E-state index is 13.7. The summed E-state index contributed by atoms with van der Waals surface area (Å²) in [5.41, 5.74) is 3.25. The second kappa shape index (κ2) is 7.55. The van der Waals surface area contributed by atoms with Crippen molar-refractivity contribution in [2.24, 2.45) is 5.73 Å².